The van der Waals surface area contributed by atoms with Crippen molar-refractivity contribution in [2.24, 2.45) is 0 Å². The monoisotopic (exact) mass is 291 g/mol. The third-order valence-electron chi connectivity index (χ3n) is 2.41. The summed E-state index contributed by atoms with van der Waals surface area (Å²) < 4.78 is 10.1. The van der Waals surface area contributed by atoms with Gasteiger partial charge in [-0.05, 0) is 25.1 Å². The van der Waals surface area contributed by atoms with Crippen molar-refractivity contribution in [3.63, 3.8) is 0 Å². The van der Waals surface area contributed by atoms with Gasteiger partial charge in [0.05, 0.1) is 16.1 Å². The summed E-state index contributed by atoms with van der Waals surface area (Å²) in [5, 5.41) is 3.50. The lowest BCUT2D eigenvalue weighted by atomic mass is 10.2. The van der Waals surface area contributed by atoms with Gasteiger partial charge < -0.3 is 14.8 Å². The van der Waals surface area contributed by atoms with E-state index >= 15 is 0 Å². The topological polar surface area (TPSA) is 47.6 Å². The van der Waals surface area contributed by atoms with Crippen LogP contribution in [0.2, 0.25) is 10.0 Å². The molecular formula is C12H15Cl2NO3. The fourth-order valence-corrected chi connectivity index (χ4v) is 1.80. The zero-order valence-corrected chi connectivity index (χ0v) is 11.9. The zero-order valence-electron chi connectivity index (χ0n) is 10.4. The Morgan fingerprint density at radius 3 is 2.33 bits per heavy atom. The summed E-state index contributed by atoms with van der Waals surface area (Å²) in [5.41, 5.74) is 0.433. The number of carbonyl (C=O) groups excluding carboxylic acids is 1. The smallest absolute Gasteiger partial charge is 0.251 e. The van der Waals surface area contributed by atoms with E-state index in [1.807, 2.05) is 0 Å². The summed E-state index contributed by atoms with van der Waals surface area (Å²) in [7, 11) is 3.02. The molecule has 0 aliphatic rings. The summed E-state index contributed by atoms with van der Waals surface area (Å²) >= 11 is 11.6. The first-order chi connectivity index (χ1) is 8.49. The molecular weight excluding hydrogens is 277 g/mol. The second kappa shape index (κ2) is 6.95. The number of carbonyl (C=O) groups is 1. The van der Waals surface area contributed by atoms with Crippen LogP contribution < -0.4 is 5.32 Å². The van der Waals surface area contributed by atoms with Gasteiger partial charge in [0.1, 0.15) is 0 Å². The van der Waals surface area contributed by atoms with Gasteiger partial charge in [0.2, 0.25) is 0 Å². The number of hydrogen-bond acceptors (Lipinski definition) is 3. The van der Waals surface area contributed by atoms with Crippen molar-refractivity contribution in [2.75, 3.05) is 14.2 Å². The number of hydrogen-bond donors (Lipinski definition) is 1. The van der Waals surface area contributed by atoms with Crippen molar-refractivity contribution in [1.29, 1.82) is 0 Å². The average molecular weight is 292 g/mol. The lowest BCUT2D eigenvalue weighted by Crippen LogP contribution is -2.42. The molecule has 4 nitrogen and oxygen atoms in total. The highest BCUT2D eigenvalue weighted by Gasteiger charge is 2.19. The van der Waals surface area contributed by atoms with Gasteiger partial charge in [-0.1, -0.05) is 23.2 Å². The van der Waals surface area contributed by atoms with Crippen molar-refractivity contribution in [2.45, 2.75) is 19.3 Å². The van der Waals surface area contributed by atoms with Gasteiger partial charge in [0.25, 0.3) is 5.91 Å². The van der Waals surface area contributed by atoms with E-state index in [-0.39, 0.29) is 11.9 Å². The predicted molar refractivity (Wildman–Crippen MR) is 71.2 cm³/mol. The number of methoxy groups -OCH3 is 2. The molecule has 0 heterocycles. The van der Waals surface area contributed by atoms with E-state index in [1.165, 1.54) is 20.3 Å². The van der Waals surface area contributed by atoms with Gasteiger partial charge in [-0.25, -0.2) is 0 Å². The van der Waals surface area contributed by atoms with E-state index < -0.39 is 6.29 Å². The molecule has 0 saturated heterocycles. The first-order valence-electron chi connectivity index (χ1n) is 5.31. The maximum atomic E-state index is 11.9. The first-order valence-corrected chi connectivity index (χ1v) is 6.06. The van der Waals surface area contributed by atoms with Crippen molar-refractivity contribution in [3.05, 3.63) is 33.8 Å². The number of nitrogens with one attached hydrogen (secondary N) is 1. The van der Waals surface area contributed by atoms with E-state index in [0.717, 1.165) is 0 Å². The molecule has 1 rings (SSSR count). The minimum absolute atomic E-state index is 0.264. The first kappa shape index (κ1) is 15.2. The van der Waals surface area contributed by atoms with E-state index in [0.29, 0.717) is 15.6 Å². The van der Waals surface area contributed by atoms with Crippen LogP contribution in [-0.4, -0.2) is 32.5 Å². The second-order valence-corrected chi connectivity index (χ2v) is 4.55. The van der Waals surface area contributed by atoms with Gasteiger partial charge in [-0.2, -0.15) is 0 Å². The Morgan fingerprint density at radius 1 is 1.22 bits per heavy atom. The molecule has 0 saturated carbocycles. The van der Waals surface area contributed by atoms with Crippen molar-refractivity contribution < 1.29 is 14.3 Å². The van der Waals surface area contributed by atoms with E-state index in [2.05, 4.69) is 5.32 Å². The van der Waals surface area contributed by atoms with E-state index in [9.17, 15) is 4.79 Å². The van der Waals surface area contributed by atoms with Crippen LogP contribution in [0.3, 0.4) is 0 Å². The van der Waals surface area contributed by atoms with Crippen LogP contribution in [0.1, 0.15) is 17.3 Å². The molecule has 6 heteroatoms. The fourth-order valence-electron chi connectivity index (χ4n) is 1.50. The number of benzene rings is 1. The lowest BCUT2D eigenvalue weighted by molar-refractivity contribution is -0.117. The van der Waals surface area contributed by atoms with Gasteiger partial charge in [0, 0.05) is 19.8 Å². The van der Waals surface area contributed by atoms with Crippen molar-refractivity contribution in [1.82, 2.24) is 5.32 Å². The third kappa shape index (κ3) is 3.85. The molecule has 1 aromatic rings. The zero-order chi connectivity index (χ0) is 13.7. The average Bonchev–Trinajstić information content (AvgIpc) is 2.34. The molecule has 18 heavy (non-hydrogen) atoms. The number of rotatable bonds is 5. The van der Waals surface area contributed by atoms with Gasteiger partial charge in [-0.15, -0.1) is 0 Å². The number of ether oxygens (including phenoxy) is 2. The highest BCUT2D eigenvalue weighted by atomic mass is 35.5. The molecule has 0 aromatic heterocycles. The molecule has 1 amide bonds. The molecule has 1 unspecified atom stereocenters. The Kier molecular flexibility index (Phi) is 5.88. The summed E-state index contributed by atoms with van der Waals surface area (Å²) in [6, 6.07) is 4.40. The summed E-state index contributed by atoms with van der Waals surface area (Å²) in [5.74, 6) is -0.264. The van der Waals surface area contributed by atoms with Crippen LogP contribution in [0.15, 0.2) is 18.2 Å². The van der Waals surface area contributed by atoms with Crippen molar-refractivity contribution >= 4 is 29.1 Å². The molecule has 100 valence electrons. The second-order valence-electron chi connectivity index (χ2n) is 3.73. The van der Waals surface area contributed by atoms with E-state index in [1.54, 1.807) is 19.1 Å². The molecule has 0 radical (unpaired) electrons. The molecule has 0 aliphatic carbocycles. The van der Waals surface area contributed by atoms with E-state index in [4.69, 9.17) is 32.7 Å². The lowest BCUT2D eigenvalue weighted by Gasteiger charge is -2.22. The molecule has 0 fully saturated rings. The van der Waals surface area contributed by atoms with Crippen LogP contribution in [-0.2, 0) is 9.47 Å². The van der Waals surface area contributed by atoms with Crippen molar-refractivity contribution in [3.8, 4) is 0 Å². The molecule has 0 spiro atoms. The maximum Gasteiger partial charge on any atom is 0.251 e. The SMILES string of the molecule is COC(OC)C(C)NC(=O)c1ccc(Cl)c(Cl)c1. The van der Waals surface area contributed by atoms with Gasteiger partial charge in [-0.3, -0.25) is 4.79 Å². The normalized spacial score (nSPS) is 12.6. The minimum Gasteiger partial charge on any atom is -0.354 e. The Labute approximate surface area is 116 Å². The fraction of sp³-hybridized carbons (Fsp3) is 0.417. The summed E-state index contributed by atoms with van der Waals surface area (Å²) in [4.78, 5) is 11.9. The number of halogens is 2. The maximum absolute atomic E-state index is 11.9. The summed E-state index contributed by atoms with van der Waals surface area (Å²) in [6.45, 7) is 1.78. The van der Waals surface area contributed by atoms with Crippen LogP contribution >= 0.6 is 23.2 Å². The molecule has 1 N–H and O–H groups in total. The molecule has 0 bridgehead atoms. The van der Waals surface area contributed by atoms with Crippen LogP contribution in [0.5, 0.6) is 0 Å². The predicted octanol–water partition coefficient (Wildman–Crippen LogP) is 2.73. The van der Waals surface area contributed by atoms with Crippen LogP contribution in [0.4, 0.5) is 0 Å². The largest absolute Gasteiger partial charge is 0.354 e. The highest BCUT2D eigenvalue weighted by Crippen LogP contribution is 2.22. The van der Waals surface area contributed by atoms with Crippen LogP contribution in [0, 0.1) is 0 Å². The Balaban J connectivity index is 2.73. The van der Waals surface area contributed by atoms with Gasteiger partial charge >= 0.3 is 0 Å². The summed E-state index contributed by atoms with van der Waals surface area (Å²) in [6.07, 6.45) is -0.503. The quantitative estimate of drug-likeness (QED) is 0.849. The third-order valence-corrected chi connectivity index (χ3v) is 3.15. The number of amides is 1. The molecule has 1 aromatic carbocycles. The van der Waals surface area contributed by atoms with Gasteiger partial charge in [0.15, 0.2) is 6.29 Å². The Morgan fingerprint density at radius 2 is 1.83 bits per heavy atom. The minimum atomic E-state index is -0.503. The Hall–Kier alpha value is -0.810. The molecule has 1 atom stereocenters. The highest BCUT2D eigenvalue weighted by molar-refractivity contribution is 6.42. The Bertz CT molecular complexity index is 422. The standard InChI is InChI=1S/C12H15Cl2NO3/c1-7(12(17-2)18-3)15-11(16)8-4-5-9(13)10(14)6-8/h4-7,12H,1-3H3,(H,15,16). The molecule has 0 aliphatic heterocycles. The van der Waals surface area contributed by atoms with Crippen LogP contribution in [0.25, 0.3) is 0 Å².